The highest BCUT2D eigenvalue weighted by molar-refractivity contribution is 7.91. The van der Waals surface area contributed by atoms with Crippen molar-refractivity contribution in [1.82, 2.24) is 25.2 Å². The molecule has 16 heteroatoms. The Morgan fingerprint density at radius 1 is 1.05 bits per heavy atom. The summed E-state index contributed by atoms with van der Waals surface area (Å²) in [4.78, 5) is 62.7. The van der Waals surface area contributed by atoms with E-state index in [1.165, 1.54) is 4.90 Å². The van der Waals surface area contributed by atoms with Gasteiger partial charge in [-0.2, -0.15) is 0 Å². The molecule has 2 aromatic rings. The Morgan fingerprint density at radius 2 is 1.78 bits per heavy atom. The Hall–Kier alpha value is -4.60. The molecule has 6 atom stereocenters. The molecular formula is C42H59N5O10S. The second kappa shape index (κ2) is 17.3. The van der Waals surface area contributed by atoms with E-state index in [0.29, 0.717) is 68.6 Å². The second-order valence-electron chi connectivity index (χ2n) is 16.8. The average molecular weight is 826 g/mol. The molecule has 1 aromatic carbocycles. The van der Waals surface area contributed by atoms with Gasteiger partial charge in [0.2, 0.25) is 27.7 Å². The fourth-order valence-corrected chi connectivity index (χ4v) is 9.28. The van der Waals surface area contributed by atoms with Crippen molar-refractivity contribution in [1.29, 1.82) is 0 Å². The summed E-state index contributed by atoms with van der Waals surface area (Å²) >= 11 is 0. The Labute approximate surface area is 341 Å². The quantitative estimate of drug-likeness (QED) is 0.179. The molecule has 3 fully saturated rings. The standard InChI is InChI=1S/C42H59N5O10S/c1-8-11-12-27-23-42(27,39(50)46-58(52,53)29-13-14-29)45-36(48)32-22-28(56-37-31-15-16-33-35(55-20-19-54-33)30(31)17-18-43-37)24-47(32)38(49)34(26(6)21-25(4)5)44-40(51)57-41(7,9-2)10-3/h11-12,15-18,25-29,32,34H,8-10,13-14,19-24H2,1-7H3,(H,44,51)(H,45,48)(H,46,50)/b12-11-/t26-,27-,28-,32+,34+,42-/m1/s1. The van der Waals surface area contributed by atoms with E-state index < -0.39 is 74.3 Å². The van der Waals surface area contributed by atoms with E-state index in [0.717, 1.165) is 5.39 Å². The Morgan fingerprint density at radius 3 is 2.45 bits per heavy atom. The summed E-state index contributed by atoms with van der Waals surface area (Å²) in [5.74, 6) is -1.15. The van der Waals surface area contributed by atoms with Gasteiger partial charge in [0, 0.05) is 29.3 Å². The molecule has 1 saturated heterocycles. The third-order valence-corrected chi connectivity index (χ3v) is 13.7. The van der Waals surface area contributed by atoms with Gasteiger partial charge < -0.3 is 34.5 Å². The van der Waals surface area contributed by atoms with Crippen LogP contribution in [0.2, 0.25) is 0 Å². The minimum Gasteiger partial charge on any atom is -0.486 e. The summed E-state index contributed by atoms with van der Waals surface area (Å²) in [5, 5.41) is 6.48. The zero-order valence-electron chi connectivity index (χ0n) is 34.7. The SMILES string of the molecule is CC/C=C\[C@@H]1C[C@]1(NC(=O)[C@@H]1C[C@@H](Oc2nccc3c4c(ccc23)OCCO4)CN1C(=O)[C@@H](NC(=O)OC(C)(CC)CC)[C@H](C)CC(C)C)C(=O)NS(=O)(=O)C1CC1. The number of ether oxygens (including phenoxy) is 4. The molecule has 6 rings (SSSR count). The molecule has 0 unspecified atom stereocenters. The molecular weight excluding hydrogens is 767 g/mol. The van der Waals surface area contributed by atoms with Crippen LogP contribution in [0, 0.1) is 17.8 Å². The highest BCUT2D eigenvalue weighted by Crippen LogP contribution is 2.46. The number of aromatic nitrogens is 1. The molecule has 2 saturated carbocycles. The number of alkyl carbamates (subject to hydrolysis) is 1. The zero-order valence-corrected chi connectivity index (χ0v) is 35.5. The van der Waals surface area contributed by atoms with Gasteiger partial charge in [0.25, 0.3) is 5.91 Å². The van der Waals surface area contributed by atoms with E-state index in [4.69, 9.17) is 18.9 Å². The molecule has 3 N–H and O–H groups in total. The van der Waals surface area contributed by atoms with Crippen molar-refractivity contribution in [2.45, 2.75) is 134 Å². The normalized spacial score (nSPS) is 24.0. The van der Waals surface area contributed by atoms with Gasteiger partial charge in [-0.15, -0.1) is 0 Å². The number of amides is 4. The fourth-order valence-electron chi connectivity index (χ4n) is 7.91. The maximum absolute atomic E-state index is 14.9. The predicted molar refractivity (Wildman–Crippen MR) is 217 cm³/mol. The van der Waals surface area contributed by atoms with Crippen LogP contribution in [0.15, 0.2) is 36.5 Å². The lowest BCUT2D eigenvalue weighted by Gasteiger charge is -2.34. The number of nitrogens with zero attached hydrogens (tertiary/aromatic N) is 2. The Balaban J connectivity index is 1.32. The first-order valence-electron chi connectivity index (χ1n) is 20.7. The maximum atomic E-state index is 14.9. The van der Waals surface area contributed by atoms with Gasteiger partial charge in [0.05, 0.1) is 11.8 Å². The van der Waals surface area contributed by atoms with Crippen LogP contribution in [0.5, 0.6) is 17.4 Å². The summed E-state index contributed by atoms with van der Waals surface area (Å²) in [5.41, 5.74) is -2.28. The highest BCUT2D eigenvalue weighted by Gasteiger charge is 2.62. The number of carbonyl (C=O) groups excluding carboxylic acids is 4. The van der Waals surface area contributed by atoms with Crippen molar-refractivity contribution in [3.63, 3.8) is 0 Å². The molecule has 1 aromatic heterocycles. The van der Waals surface area contributed by atoms with E-state index in [-0.39, 0.29) is 37.1 Å². The second-order valence-corrected chi connectivity index (χ2v) is 18.8. The molecule has 2 aliphatic heterocycles. The number of benzene rings is 1. The summed E-state index contributed by atoms with van der Waals surface area (Å²) in [7, 11) is -3.91. The van der Waals surface area contributed by atoms with Crippen molar-refractivity contribution in [3.8, 4) is 17.4 Å². The lowest BCUT2D eigenvalue weighted by molar-refractivity contribution is -0.142. The first kappa shape index (κ1) is 43.0. The third-order valence-electron chi connectivity index (χ3n) is 11.9. The van der Waals surface area contributed by atoms with Crippen LogP contribution in [0.4, 0.5) is 4.79 Å². The van der Waals surface area contributed by atoms with E-state index in [1.807, 2.05) is 66.7 Å². The molecule has 0 spiro atoms. The molecule has 15 nitrogen and oxygen atoms in total. The zero-order chi connectivity index (χ0) is 42.0. The van der Waals surface area contributed by atoms with Crippen molar-refractivity contribution >= 4 is 44.6 Å². The molecule has 0 bridgehead atoms. The average Bonchev–Trinajstić information content (AvgIpc) is 4.12. The molecule has 3 heterocycles. The van der Waals surface area contributed by atoms with Crippen LogP contribution in [0.3, 0.4) is 0 Å². The van der Waals surface area contributed by atoms with Gasteiger partial charge in [0.1, 0.15) is 42.5 Å². The molecule has 2 aliphatic carbocycles. The monoisotopic (exact) mass is 825 g/mol. The Kier molecular flexibility index (Phi) is 12.8. The van der Waals surface area contributed by atoms with Crippen LogP contribution in [-0.2, 0) is 29.1 Å². The van der Waals surface area contributed by atoms with E-state index in [1.54, 1.807) is 18.3 Å². The first-order chi connectivity index (χ1) is 27.5. The van der Waals surface area contributed by atoms with Crippen molar-refractivity contribution in [3.05, 3.63) is 36.5 Å². The molecule has 58 heavy (non-hydrogen) atoms. The molecule has 318 valence electrons. The van der Waals surface area contributed by atoms with Crippen LogP contribution >= 0.6 is 0 Å². The topological polar surface area (TPSA) is 192 Å². The van der Waals surface area contributed by atoms with Crippen LogP contribution in [0.25, 0.3) is 10.8 Å². The van der Waals surface area contributed by atoms with Crippen LogP contribution < -0.4 is 29.6 Å². The number of pyridine rings is 1. The maximum Gasteiger partial charge on any atom is 0.408 e. The largest absolute Gasteiger partial charge is 0.486 e. The number of fused-ring (bicyclic) bond motifs is 3. The lowest BCUT2D eigenvalue weighted by atomic mass is 9.91. The number of likely N-dealkylation sites (tertiary alicyclic amines) is 1. The summed E-state index contributed by atoms with van der Waals surface area (Å²) in [6.07, 6.45) is 7.33. The number of hydrogen-bond donors (Lipinski definition) is 3. The van der Waals surface area contributed by atoms with E-state index in [2.05, 4.69) is 20.3 Å². The number of allylic oxidation sites excluding steroid dienone is 1. The Bertz CT molecular complexity index is 2020. The fraction of sp³-hybridized carbons (Fsp3) is 0.643. The highest BCUT2D eigenvalue weighted by atomic mass is 32.2. The van der Waals surface area contributed by atoms with Gasteiger partial charge in [-0.1, -0.05) is 53.7 Å². The predicted octanol–water partition coefficient (Wildman–Crippen LogP) is 5.16. The molecule has 4 amide bonds. The number of nitrogens with one attached hydrogen (secondary N) is 3. The van der Waals surface area contributed by atoms with E-state index >= 15 is 0 Å². The summed E-state index contributed by atoms with van der Waals surface area (Å²) < 4.78 is 52.1. The minimum atomic E-state index is -3.91. The lowest BCUT2D eigenvalue weighted by Crippen LogP contribution is -2.59. The van der Waals surface area contributed by atoms with Gasteiger partial charge in [0.15, 0.2) is 11.5 Å². The third kappa shape index (κ3) is 9.31. The first-order valence-corrected chi connectivity index (χ1v) is 22.3. The molecule has 4 aliphatic rings. The minimum absolute atomic E-state index is 0.0210. The van der Waals surface area contributed by atoms with Gasteiger partial charge in [-0.25, -0.2) is 18.2 Å². The molecule has 0 radical (unpaired) electrons. The van der Waals surface area contributed by atoms with Crippen molar-refractivity contribution < 1.29 is 46.5 Å². The van der Waals surface area contributed by atoms with Gasteiger partial charge in [-0.05, 0) is 81.9 Å². The van der Waals surface area contributed by atoms with Crippen molar-refractivity contribution in [2.24, 2.45) is 17.8 Å². The summed E-state index contributed by atoms with van der Waals surface area (Å²) in [6.45, 7) is 14.3. The van der Waals surface area contributed by atoms with Gasteiger partial charge in [-0.3, -0.25) is 19.1 Å². The smallest absolute Gasteiger partial charge is 0.408 e. The number of rotatable bonds is 17. The van der Waals surface area contributed by atoms with Crippen LogP contribution in [-0.4, -0.2) is 96.5 Å². The number of carbonyl (C=O) groups is 4. The van der Waals surface area contributed by atoms with Crippen molar-refractivity contribution in [2.75, 3.05) is 19.8 Å². The summed E-state index contributed by atoms with van der Waals surface area (Å²) in [6, 6.07) is 3.19. The number of sulfonamides is 1. The van der Waals surface area contributed by atoms with E-state index in [9.17, 15) is 27.6 Å². The van der Waals surface area contributed by atoms with Gasteiger partial charge >= 0.3 is 6.09 Å². The number of hydrogen-bond acceptors (Lipinski definition) is 11. The van der Waals surface area contributed by atoms with Crippen LogP contribution in [0.1, 0.15) is 99.8 Å².